The van der Waals surface area contributed by atoms with Gasteiger partial charge in [0.2, 0.25) is 0 Å². The third kappa shape index (κ3) is 4.18. The van der Waals surface area contributed by atoms with Gasteiger partial charge in [-0.1, -0.05) is 0 Å². The second-order valence-corrected chi connectivity index (χ2v) is 5.08. The van der Waals surface area contributed by atoms with Crippen LogP contribution < -0.4 is 5.73 Å². The molecular formula is C11H20N2O3. The molecule has 2 N–H and O–H groups in total. The molecule has 0 aromatic rings. The zero-order chi connectivity index (χ0) is 12.3. The van der Waals surface area contributed by atoms with Crippen LogP contribution in [0.2, 0.25) is 0 Å². The first kappa shape index (κ1) is 13.0. The maximum absolute atomic E-state index is 11.8. The molecule has 16 heavy (non-hydrogen) atoms. The van der Waals surface area contributed by atoms with Gasteiger partial charge in [0.15, 0.2) is 5.78 Å². The molecule has 1 saturated carbocycles. The number of carbonyl (C=O) groups is 2. The van der Waals surface area contributed by atoms with Crippen LogP contribution in [-0.4, -0.2) is 41.5 Å². The standard InChI is InChI=1S/C11H20N2O3/c1-11(2,3)16-10(15)13(8-4-5-8)7-9(14)6-12/h8H,4-7,12H2,1-3H3. The van der Waals surface area contributed by atoms with E-state index in [0.29, 0.717) is 0 Å². The monoisotopic (exact) mass is 228 g/mol. The van der Waals surface area contributed by atoms with Gasteiger partial charge < -0.3 is 10.5 Å². The topological polar surface area (TPSA) is 72.6 Å². The van der Waals surface area contributed by atoms with E-state index in [-0.39, 0.29) is 24.9 Å². The van der Waals surface area contributed by atoms with Crippen molar-refractivity contribution in [3.8, 4) is 0 Å². The van der Waals surface area contributed by atoms with E-state index in [2.05, 4.69) is 0 Å². The minimum Gasteiger partial charge on any atom is -0.444 e. The molecule has 0 saturated heterocycles. The van der Waals surface area contributed by atoms with E-state index in [0.717, 1.165) is 12.8 Å². The van der Waals surface area contributed by atoms with E-state index in [1.807, 2.05) is 0 Å². The predicted octanol–water partition coefficient (Wildman–Crippen LogP) is 0.914. The molecule has 0 aliphatic heterocycles. The Hall–Kier alpha value is -1.10. The lowest BCUT2D eigenvalue weighted by atomic mass is 10.2. The van der Waals surface area contributed by atoms with Crippen LogP contribution >= 0.6 is 0 Å². The predicted molar refractivity (Wildman–Crippen MR) is 60.0 cm³/mol. The van der Waals surface area contributed by atoms with E-state index in [1.165, 1.54) is 4.90 Å². The number of rotatable bonds is 4. The number of hydrogen-bond acceptors (Lipinski definition) is 4. The molecule has 5 heteroatoms. The van der Waals surface area contributed by atoms with E-state index in [1.54, 1.807) is 20.8 Å². The molecule has 0 atom stereocenters. The summed E-state index contributed by atoms with van der Waals surface area (Å²) in [5.41, 5.74) is 4.71. The number of ketones is 1. The van der Waals surface area contributed by atoms with Crippen molar-refractivity contribution < 1.29 is 14.3 Å². The average Bonchev–Trinajstić information content (AvgIpc) is 2.93. The van der Waals surface area contributed by atoms with Crippen molar-refractivity contribution in [2.45, 2.75) is 45.3 Å². The number of nitrogens with two attached hydrogens (primary N) is 1. The highest BCUT2D eigenvalue weighted by atomic mass is 16.6. The van der Waals surface area contributed by atoms with Crippen LogP contribution in [0.3, 0.4) is 0 Å². The number of nitrogens with zero attached hydrogens (tertiary/aromatic N) is 1. The molecule has 1 aliphatic carbocycles. The van der Waals surface area contributed by atoms with Crippen LogP contribution in [0.15, 0.2) is 0 Å². The largest absolute Gasteiger partial charge is 0.444 e. The summed E-state index contributed by atoms with van der Waals surface area (Å²) >= 11 is 0. The first-order valence-electron chi connectivity index (χ1n) is 5.55. The lowest BCUT2D eigenvalue weighted by Gasteiger charge is -2.26. The maximum atomic E-state index is 11.8. The molecule has 1 amide bonds. The van der Waals surface area contributed by atoms with Crippen LogP contribution in [0.5, 0.6) is 0 Å². The van der Waals surface area contributed by atoms with Gasteiger partial charge in [0.25, 0.3) is 0 Å². The Bertz CT molecular complexity index is 279. The Morgan fingerprint density at radius 3 is 2.31 bits per heavy atom. The summed E-state index contributed by atoms with van der Waals surface area (Å²) in [4.78, 5) is 24.5. The van der Waals surface area contributed by atoms with Crippen molar-refractivity contribution in [2.75, 3.05) is 13.1 Å². The fourth-order valence-electron chi connectivity index (χ4n) is 1.30. The molecule has 1 aliphatic rings. The first-order chi connectivity index (χ1) is 7.33. The molecule has 0 aromatic heterocycles. The molecule has 0 spiro atoms. The normalized spacial score (nSPS) is 15.8. The van der Waals surface area contributed by atoms with Crippen molar-refractivity contribution in [3.63, 3.8) is 0 Å². The van der Waals surface area contributed by atoms with Crippen molar-refractivity contribution >= 4 is 11.9 Å². The Morgan fingerprint density at radius 2 is 1.94 bits per heavy atom. The fraction of sp³-hybridized carbons (Fsp3) is 0.818. The zero-order valence-electron chi connectivity index (χ0n) is 10.2. The minimum absolute atomic E-state index is 0.0357. The summed E-state index contributed by atoms with van der Waals surface area (Å²) in [6, 6.07) is 0.158. The van der Waals surface area contributed by atoms with Crippen LogP contribution in [0.1, 0.15) is 33.6 Å². The second kappa shape index (κ2) is 4.82. The summed E-state index contributed by atoms with van der Waals surface area (Å²) in [6.45, 7) is 5.45. The molecule has 92 valence electrons. The van der Waals surface area contributed by atoms with Crippen molar-refractivity contribution in [3.05, 3.63) is 0 Å². The third-order valence-electron chi connectivity index (χ3n) is 2.19. The Morgan fingerprint density at radius 1 is 1.38 bits per heavy atom. The number of hydrogen-bond donors (Lipinski definition) is 1. The van der Waals surface area contributed by atoms with Gasteiger partial charge in [-0.15, -0.1) is 0 Å². The molecule has 1 fully saturated rings. The molecule has 0 unspecified atom stereocenters. The lowest BCUT2D eigenvalue weighted by molar-refractivity contribution is -0.119. The van der Waals surface area contributed by atoms with E-state index in [4.69, 9.17) is 10.5 Å². The number of ether oxygens (including phenoxy) is 1. The van der Waals surface area contributed by atoms with Gasteiger partial charge in [0.1, 0.15) is 5.60 Å². The summed E-state index contributed by atoms with van der Waals surface area (Å²) < 4.78 is 5.24. The average molecular weight is 228 g/mol. The molecule has 0 heterocycles. The summed E-state index contributed by atoms with van der Waals surface area (Å²) in [5, 5.41) is 0. The van der Waals surface area contributed by atoms with Gasteiger partial charge >= 0.3 is 6.09 Å². The third-order valence-corrected chi connectivity index (χ3v) is 2.19. The van der Waals surface area contributed by atoms with Crippen LogP contribution in [-0.2, 0) is 9.53 Å². The molecule has 0 bridgehead atoms. The lowest BCUT2D eigenvalue weighted by Crippen LogP contribution is -2.42. The number of Topliss-reactive ketones (excluding diaryl/α,β-unsaturated/α-hetero) is 1. The molecule has 5 nitrogen and oxygen atoms in total. The Kier molecular flexibility index (Phi) is 3.91. The Balaban J connectivity index is 2.56. The highest BCUT2D eigenvalue weighted by Gasteiger charge is 2.35. The van der Waals surface area contributed by atoms with Crippen molar-refractivity contribution in [1.29, 1.82) is 0 Å². The fourth-order valence-corrected chi connectivity index (χ4v) is 1.30. The van der Waals surface area contributed by atoms with Crippen LogP contribution in [0, 0.1) is 0 Å². The summed E-state index contributed by atoms with van der Waals surface area (Å²) in [5.74, 6) is -0.141. The SMILES string of the molecule is CC(C)(C)OC(=O)N(CC(=O)CN)C1CC1. The minimum atomic E-state index is -0.532. The Labute approximate surface area is 95.9 Å². The quantitative estimate of drug-likeness (QED) is 0.776. The van der Waals surface area contributed by atoms with Gasteiger partial charge in [-0.2, -0.15) is 0 Å². The second-order valence-electron chi connectivity index (χ2n) is 5.08. The van der Waals surface area contributed by atoms with Crippen molar-refractivity contribution in [1.82, 2.24) is 4.90 Å². The van der Waals surface area contributed by atoms with E-state index in [9.17, 15) is 9.59 Å². The van der Waals surface area contributed by atoms with Crippen LogP contribution in [0.25, 0.3) is 0 Å². The molecular weight excluding hydrogens is 208 g/mol. The molecule has 0 radical (unpaired) electrons. The number of carbonyl (C=O) groups excluding carboxylic acids is 2. The van der Waals surface area contributed by atoms with Gasteiger partial charge in [-0.25, -0.2) is 4.79 Å². The van der Waals surface area contributed by atoms with Crippen molar-refractivity contribution in [2.24, 2.45) is 5.73 Å². The summed E-state index contributed by atoms with van der Waals surface area (Å²) in [7, 11) is 0. The van der Waals surface area contributed by atoms with Crippen LogP contribution in [0.4, 0.5) is 4.79 Å². The van der Waals surface area contributed by atoms with Gasteiger partial charge in [0.05, 0.1) is 13.1 Å². The van der Waals surface area contributed by atoms with Gasteiger partial charge in [-0.05, 0) is 33.6 Å². The maximum Gasteiger partial charge on any atom is 0.410 e. The number of amides is 1. The highest BCUT2D eigenvalue weighted by molar-refractivity contribution is 5.85. The van der Waals surface area contributed by atoms with Gasteiger partial charge in [0, 0.05) is 6.04 Å². The summed E-state index contributed by atoms with van der Waals surface area (Å²) in [6.07, 6.45) is 1.46. The van der Waals surface area contributed by atoms with Gasteiger partial charge in [-0.3, -0.25) is 9.69 Å². The zero-order valence-corrected chi connectivity index (χ0v) is 10.2. The first-order valence-corrected chi connectivity index (χ1v) is 5.55. The molecule has 1 rings (SSSR count). The molecule has 0 aromatic carbocycles. The van der Waals surface area contributed by atoms with E-state index >= 15 is 0 Å². The van der Waals surface area contributed by atoms with E-state index < -0.39 is 11.7 Å². The highest BCUT2D eigenvalue weighted by Crippen LogP contribution is 2.28. The smallest absolute Gasteiger partial charge is 0.410 e.